The van der Waals surface area contributed by atoms with E-state index in [4.69, 9.17) is 0 Å². The van der Waals surface area contributed by atoms with Crippen LogP contribution in [0, 0.1) is 17.5 Å². The lowest BCUT2D eigenvalue weighted by atomic mass is 9.94. The smallest absolute Gasteiger partial charge is 0.316 e. The average Bonchev–Trinajstić information content (AvgIpc) is 2.52. The monoisotopic (exact) mass is 362 g/mol. The Morgan fingerprint density at radius 3 is 2.04 bits per heavy atom. The van der Waals surface area contributed by atoms with Gasteiger partial charge < -0.3 is 10.6 Å². The molecule has 0 aliphatic heterocycles. The Labute approximate surface area is 140 Å². The maximum atomic E-state index is 14.3. The van der Waals surface area contributed by atoms with Crippen molar-refractivity contribution in [2.45, 2.75) is 19.3 Å². The fourth-order valence-corrected chi connectivity index (χ4v) is 2.59. The summed E-state index contributed by atoms with van der Waals surface area (Å²) >= 11 is 0. The number of hydrogen-bond donors (Lipinski definition) is 2. The predicted molar refractivity (Wildman–Crippen MR) is 82.3 cm³/mol. The van der Waals surface area contributed by atoms with Gasteiger partial charge in [-0.05, 0) is 55.1 Å². The molecule has 2 nitrogen and oxygen atoms in total. The zero-order valence-corrected chi connectivity index (χ0v) is 13.5. The maximum absolute atomic E-state index is 14.3. The van der Waals surface area contributed by atoms with E-state index in [-0.39, 0.29) is 29.8 Å². The van der Waals surface area contributed by atoms with Crippen LogP contribution in [0.4, 0.5) is 26.3 Å². The Morgan fingerprint density at radius 2 is 1.48 bits per heavy atom. The van der Waals surface area contributed by atoms with E-state index >= 15 is 0 Å². The number of benzene rings is 2. The Kier molecular flexibility index (Phi) is 5.74. The molecule has 0 bridgehead atoms. The minimum atomic E-state index is -4.66. The lowest BCUT2D eigenvalue weighted by molar-refractivity contribution is -0.137. The van der Waals surface area contributed by atoms with Crippen molar-refractivity contribution >= 4 is 0 Å². The first-order valence-electron chi connectivity index (χ1n) is 7.36. The molecule has 136 valence electrons. The van der Waals surface area contributed by atoms with Crippen molar-refractivity contribution in [3.63, 3.8) is 0 Å². The average molecular weight is 362 g/mol. The van der Waals surface area contributed by atoms with Crippen LogP contribution in [0.2, 0.25) is 0 Å². The lowest BCUT2D eigenvalue weighted by Crippen LogP contribution is -2.12. The molecular weight excluding hydrogens is 346 g/mol. The van der Waals surface area contributed by atoms with Crippen LogP contribution in [-0.2, 0) is 19.3 Å². The second kappa shape index (κ2) is 7.45. The van der Waals surface area contributed by atoms with E-state index in [2.05, 4.69) is 10.6 Å². The normalized spacial score (nSPS) is 11.8. The number of alkyl halides is 3. The molecule has 8 heteroatoms. The fourth-order valence-electron chi connectivity index (χ4n) is 2.59. The number of halogens is 6. The van der Waals surface area contributed by atoms with E-state index in [1.165, 1.54) is 13.1 Å². The highest BCUT2D eigenvalue weighted by molar-refractivity contribution is 5.70. The molecule has 2 aromatic rings. The van der Waals surface area contributed by atoms with Crippen LogP contribution < -0.4 is 10.6 Å². The van der Waals surface area contributed by atoms with Crippen molar-refractivity contribution < 1.29 is 26.3 Å². The van der Waals surface area contributed by atoms with Gasteiger partial charge in [0.1, 0.15) is 0 Å². The standard InChI is InChI=1S/C17H16F6N2/c1-24-7-9-3-10(5-12(4-9)17(21,22)23)14-11(8-25-2)6-13(18)15(19)16(14)20/h3-6,24-25H,7-8H2,1-2H3. The van der Waals surface area contributed by atoms with Crippen molar-refractivity contribution in [1.29, 1.82) is 0 Å². The van der Waals surface area contributed by atoms with Gasteiger partial charge in [-0.25, -0.2) is 13.2 Å². The molecule has 0 radical (unpaired) electrons. The Balaban J connectivity index is 2.76. The molecule has 0 fully saturated rings. The summed E-state index contributed by atoms with van der Waals surface area (Å²) in [5, 5.41) is 5.37. The summed E-state index contributed by atoms with van der Waals surface area (Å²) in [6.07, 6.45) is -4.66. The van der Waals surface area contributed by atoms with E-state index in [0.717, 1.165) is 18.2 Å². The molecule has 0 heterocycles. The van der Waals surface area contributed by atoms with Gasteiger partial charge in [-0.2, -0.15) is 13.2 Å². The molecule has 2 rings (SSSR count). The van der Waals surface area contributed by atoms with Crippen molar-refractivity contribution in [2.24, 2.45) is 0 Å². The van der Waals surface area contributed by atoms with Gasteiger partial charge in [0.2, 0.25) is 0 Å². The van der Waals surface area contributed by atoms with Gasteiger partial charge in [-0.15, -0.1) is 0 Å². The molecule has 0 aliphatic rings. The van der Waals surface area contributed by atoms with Gasteiger partial charge in [0.25, 0.3) is 0 Å². The Morgan fingerprint density at radius 1 is 0.840 bits per heavy atom. The summed E-state index contributed by atoms with van der Waals surface area (Å²) in [4.78, 5) is 0. The van der Waals surface area contributed by atoms with Crippen molar-refractivity contribution in [1.82, 2.24) is 10.6 Å². The molecule has 0 saturated heterocycles. The predicted octanol–water partition coefficient (Wildman–Crippen LogP) is 4.23. The molecule has 2 aromatic carbocycles. The van der Waals surface area contributed by atoms with Crippen LogP contribution in [0.1, 0.15) is 16.7 Å². The van der Waals surface area contributed by atoms with E-state index < -0.39 is 34.8 Å². The summed E-state index contributed by atoms with van der Waals surface area (Å²) in [5.74, 6) is -4.63. The SMILES string of the molecule is CNCc1cc(-c2c(CNC)cc(F)c(F)c2F)cc(C(F)(F)F)c1. The number of hydrogen-bond acceptors (Lipinski definition) is 2. The molecule has 0 aliphatic carbocycles. The third-order valence-electron chi connectivity index (χ3n) is 3.60. The van der Waals surface area contributed by atoms with Gasteiger partial charge >= 0.3 is 6.18 Å². The van der Waals surface area contributed by atoms with Crippen LogP contribution in [-0.4, -0.2) is 14.1 Å². The zero-order valence-electron chi connectivity index (χ0n) is 13.5. The first-order valence-corrected chi connectivity index (χ1v) is 7.36. The van der Waals surface area contributed by atoms with Crippen LogP contribution >= 0.6 is 0 Å². The molecule has 25 heavy (non-hydrogen) atoms. The molecule has 0 atom stereocenters. The minimum absolute atomic E-state index is 0.0219. The molecular formula is C17H16F6N2. The first kappa shape index (κ1) is 19.3. The Bertz CT molecular complexity index is 771. The second-order valence-electron chi connectivity index (χ2n) is 5.50. The molecule has 0 amide bonds. The molecule has 0 aromatic heterocycles. The largest absolute Gasteiger partial charge is 0.416 e. The third kappa shape index (κ3) is 4.13. The fraction of sp³-hybridized carbons (Fsp3) is 0.294. The highest BCUT2D eigenvalue weighted by Crippen LogP contribution is 2.36. The topological polar surface area (TPSA) is 24.1 Å². The summed E-state index contributed by atoms with van der Waals surface area (Å²) < 4.78 is 80.9. The molecule has 0 unspecified atom stereocenters. The Hall–Kier alpha value is -2.06. The van der Waals surface area contributed by atoms with Gasteiger partial charge in [-0.3, -0.25) is 0 Å². The van der Waals surface area contributed by atoms with E-state index in [1.54, 1.807) is 7.05 Å². The zero-order chi connectivity index (χ0) is 18.8. The minimum Gasteiger partial charge on any atom is -0.316 e. The van der Waals surface area contributed by atoms with E-state index in [1.807, 2.05) is 0 Å². The van der Waals surface area contributed by atoms with Gasteiger partial charge in [0.05, 0.1) is 5.56 Å². The summed E-state index contributed by atoms with van der Waals surface area (Å²) in [6.45, 7) is 0.0602. The molecule has 0 saturated carbocycles. The van der Waals surface area contributed by atoms with Crippen molar-refractivity contribution in [3.8, 4) is 11.1 Å². The van der Waals surface area contributed by atoms with Crippen LogP contribution in [0.3, 0.4) is 0 Å². The molecule has 2 N–H and O–H groups in total. The van der Waals surface area contributed by atoms with Crippen molar-refractivity contribution in [3.05, 3.63) is 58.4 Å². The first-order chi connectivity index (χ1) is 11.7. The quantitative estimate of drug-likeness (QED) is 0.615. The van der Waals surface area contributed by atoms with Crippen LogP contribution in [0.25, 0.3) is 11.1 Å². The molecule has 0 spiro atoms. The van der Waals surface area contributed by atoms with E-state index in [0.29, 0.717) is 0 Å². The van der Waals surface area contributed by atoms with Gasteiger partial charge in [0, 0.05) is 18.7 Å². The summed E-state index contributed by atoms with van der Waals surface area (Å²) in [5.41, 5.74) is -1.28. The second-order valence-corrected chi connectivity index (χ2v) is 5.50. The third-order valence-corrected chi connectivity index (χ3v) is 3.60. The summed E-state index contributed by atoms with van der Waals surface area (Å²) in [7, 11) is 3.05. The maximum Gasteiger partial charge on any atom is 0.416 e. The van der Waals surface area contributed by atoms with Crippen molar-refractivity contribution in [2.75, 3.05) is 14.1 Å². The number of rotatable bonds is 5. The van der Waals surface area contributed by atoms with Gasteiger partial charge in [0.15, 0.2) is 17.5 Å². The number of nitrogens with one attached hydrogen (secondary N) is 2. The van der Waals surface area contributed by atoms with Gasteiger partial charge in [-0.1, -0.05) is 0 Å². The summed E-state index contributed by atoms with van der Waals surface area (Å²) in [6, 6.07) is 3.76. The highest BCUT2D eigenvalue weighted by Gasteiger charge is 2.32. The van der Waals surface area contributed by atoms with Crippen LogP contribution in [0.15, 0.2) is 24.3 Å². The van der Waals surface area contributed by atoms with E-state index in [9.17, 15) is 26.3 Å². The van der Waals surface area contributed by atoms with Crippen LogP contribution in [0.5, 0.6) is 0 Å². The lowest BCUT2D eigenvalue weighted by Gasteiger charge is -2.16. The highest BCUT2D eigenvalue weighted by atomic mass is 19.4.